The Labute approximate surface area is 210 Å². The first-order chi connectivity index (χ1) is 16.5. The van der Waals surface area contributed by atoms with E-state index in [4.69, 9.17) is 5.73 Å². The van der Waals surface area contributed by atoms with Crippen LogP contribution >= 0.6 is 23.1 Å². The monoisotopic (exact) mass is 510 g/mol. The van der Waals surface area contributed by atoms with E-state index >= 15 is 0 Å². The average molecular weight is 511 g/mol. The van der Waals surface area contributed by atoms with E-state index in [1.165, 1.54) is 41.3 Å². The van der Waals surface area contributed by atoms with Gasteiger partial charge in [-0.25, -0.2) is 4.39 Å². The minimum absolute atomic E-state index is 0.0127. The summed E-state index contributed by atoms with van der Waals surface area (Å²) >= 11 is 2.84. The van der Waals surface area contributed by atoms with Crippen LogP contribution in [0.25, 0.3) is 0 Å². The molecule has 8 nitrogen and oxygen atoms in total. The number of halogens is 1. The highest BCUT2D eigenvalue weighted by molar-refractivity contribution is 8.01. The first kappa shape index (κ1) is 23.5. The van der Waals surface area contributed by atoms with Crippen molar-refractivity contribution in [2.45, 2.75) is 55.5 Å². The number of nitriles is 1. The number of fused-ring (bicyclic) bond motifs is 3. The van der Waals surface area contributed by atoms with E-state index in [0.717, 1.165) is 4.34 Å². The van der Waals surface area contributed by atoms with E-state index in [1.54, 1.807) is 4.90 Å². The van der Waals surface area contributed by atoms with E-state index in [1.807, 2.05) is 27.7 Å². The molecule has 1 aliphatic carbocycles. The molecule has 1 unspecified atom stereocenters. The van der Waals surface area contributed by atoms with Gasteiger partial charge in [0.1, 0.15) is 23.1 Å². The van der Waals surface area contributed by atoms with Gasteiger partial charge in [-0.15, -0.1) is 10.2 Å². The van der Waals surface area contributed by atoms with Crippen molar-refractivity contribution in [1.29, 1.82) is 5.26 Å². The molecular weight excluding hydrogens is 487 g/mol. The van der Waals surface area contributed by atoms with Crippen LogP contribution in [0.5, 0.6) is 0 Å². The number of Topliss-reactive ketones (excluding diaryl/α,β-unsaturated/α-hetero) is 1. The van der Waals surface area contributed by atoms with Crippen LogP contribution in [-0.2, 0) is 15.0 Å². The number of ketones is 1. The summed E-state index contributed by atoms with van der Waals surface area (Å²) in [6.07, 6.45) is 0.571. The lowest BCUT2D eigenvalue weighted by Crippen LogP contribution is -2.52. The van der Waals surface area contributed by atoms with Gasteiger partial charge in [-0.1, -0.05) is 50.8 Å². The van der Waals surface area contributed by atoms with Crippen molar-refractivity contribution in [1.82, 2.24) is 10.2 Å². The van der Waals surface area contributed by atoms with Crippen LogP contribution in [0.1, 0.15) is 46.1 Å². The summed E-state index contributed by atoms with van der Waals surface area (Å²) < 4.78 is 15.2. The molecule has 0 fully saturated rings. The number of anilines is 2. The van der Waals surface area contributed by atoms with Gasteiger partial charge in [0, 0.05) is 34.2 Å². The minimum Gasteiger partial charge on any atom is -0.384 e. The van der Waals surface area contributed by atoms with E-state index in [0.29, 0.717) is 22.9 Å². The Balaban J connectivity index is 1.83. The molecule has 0 saturated carbocycles. The maximum absolute atomic E-state index is 14.4. The fraction of sp³-hybridized carbons (Fsp3) is 0.375. The van der Waals surface area contributed by atoms with E-state index in [2.05, 4.69) is 21.6 Å². The van der Waals surface area contributed by atoms with Crippen molar-refractivity contribution in [3.8, 4) is 6.07 Å². The average Bonchev–Trinajstić information content (AvgIpc) is 3.30. The predicted octanol–water partition coefficient (Wildman–Crippen LogP) is 4.22. The summed E-state index contributed by atoms with van der Waals surface area (Å²) in [6.45, 7) is 8.00. The van der Waals surface area contributed by atoms with Crippen LogP contribution in [0.15, 0.2) is 45.2 Å². The van der Waals surface area contributed by atoms with Gasteiger partial charge in [-0.3, -0.25) is 14.5 Å². The highest BCUT2D eigenvalue weighted by Gasteiger charge is 2.61. The fourth-order valence-corrected chi connectivity index (χ4v) is 7.26. The maximum Gasteiger partial charge on any atom is 0.245 e. The third-order valence-electron chi connectivity index (χ3n) is 6.38. The fourth-order valence-electron chi connectivity index (χ4n) is 5.15. The van der Waals surface area contributed by atoms with E-state index in [-0.39, 0.29) is 40.0 Å². The zero-order chi connectivity index (χ0) is 25.3. The molecule has 11 heteroatoms. The van der Waals surface area contributed by atoms with Crippen LogP contribution in [0.3, 0.4) is 0 Å². The second kappa shape index (κ2) is 7.90. The number of aromatic nitrogens is 2. The first-order valence-electron chi connectivity index (χ1n) is 11.1. The molecule has 3 aliphatic rings. The number of amides is 1. The summed E-state index contributed by atoms with van der Waals surface area (Å²) in [6, 6.07) is 5.95. The van der Waals surface area contributed by atoms with Crippen molar-refractivity contribution < 1.29 is 14.0 Å². The molecule has 3 N–H and O–H groups in total. The van der Waals surface area contributed by atoms with Crippen LogP contribution in [-0.4, -0.2) is 27.1 Å². The van der Waals surface area contributed by atoms with Gasteiger partial charge in [0.25, 0.3) is 0 Å². The second-order valence-electron chi connectivity index (χ2n) is 9.88. The summed E-state index contributed by atoms with van der Waals surface area (Å²) in [4.78, 5) is 29.0. The van der Waals surface area contributed by atoms with Gasteiger partial charge in [-0.2, -0.15) is 5.26 Å². The highest BCUT2D eigenvalue weighted by atomic mass is 32.2. The smallest absolute Gasteiger partial charge is 0.245 e. The Hall–Kier alpha value is -3.23. The van der Waals surface area contributed by atoms with Gasteiger partial charge in [0.2, 0.25) is 11.0 Å². The van der Waals surface area contributed by atoms with Crippen molar-refractivity contribution in [2.75, 3.05) is 10.2 Å². The Bertz CT molecular complexity index is 1400. The molecule has 180 valence electrons. The molecule has 1 spiro atoms. The number of nitrogens with two attached hydrogens (primary N) is 1. The number of nitrogens with one attached hydrogen (secondary N) is 1. The maximum atomic E-state index is 14.4. The van der Waals surface area contributed by atoms with E-state index < -0.39 is 22.6 Å². The number of benzene rings is 1. The molecule has 35 heavy (non-hydrogen) atoms. The highest BCUT2D eigenvalue weighted by Crippen LogP contribution is 2.57. The molecule has 2 aliphatic heterocycles. The van der Waals surface area contributed by atoms with Gasteiger partial charge in [0.15, 0.2) is 10.1 Å². The van der Waals surface area contributed by atoms with E-state index in [9.17, 15) is 19.2 Å². The molecule has 0 radical (unpaired) electrons. The van der Waals surface area contributed by atoms with Crippen LogP contribution < -0.4 is 16.0 Å². The van der Waals surface area contributed by atoms with Gasteiger partial charge < -0.3 is 11.1 Å². The van der Waals surface area contributed by atoms with Gasteiger partial charge in [0.05, 0.1) is 5.57 Å². The lowest BCUT2D eigenvalue weighted by atomic mass is 9.61. The topological polar surface area (TPSA) is 125 Å². The molecule has 5 rings (SSSR count). The molecule has 1 aromatic carbocycles. The third-order valence-corrected chi connectivity index (χ3v) is 8.38. The summed E-state index contributed by atoms with van der Waals surface area (Å²) in [5.74, 6) is -1.47. The zero-order valence-corrected chi connectivity index (χ0v) is 21.2. The van der Waals surface area contributed by atoms with Crippen LogP contribution in [0, 0.1) is 22.6 Å². The molecule has 3 heterocycles. The van der Waals surface area contributed by atoms with Crippen molar-refractivity contribution >= 4 is 45.6 Å². The molecular formula is C24H23FN6O2S2. The van der Waals surface area contributed by atoms with Gasteiger partial charge >= 0.3 is 0 Å². The normalized spacial score (nSPS) is 23.1. The predicted molar refractivity (Wildman–Crippen MR) is 132 cm³/mol. The molecule has 1 amide bonds. The van der Waals surface area contributed by atoms with Gasteiger partial charge in [-0.05, 0) is 30.0 Å². The van der Waals surface area contributed by atoms with Crippen molar-refractivity contribution in [3.63, 3.8) is 0 Å². The number of carbonyl (C=O) groups excluding carboxylic acids is 2. The molecule has 0 bridgehead atoms. The Morgan fingerprint density at radius 3 is 2.71 bits per heavy atom. The second-order valence-corrected chi connectivity index (χ2v) is 12.7. The van der Waals surface area contributed by atoms with Crippen LogP contribution in [0.2, 0.25) is 0 Å². The quantitative estimate of drug-likeness (QED) is 0.588. The Kier molecular flexibility index (Phi) is 5.30. The minimum atomic E-state index is -1.82. The standard InChI is InChI=1S/C24H23FN6O2S2/c1-11(2)34-22-30-29-21(35-22)31-16-8-23(3,4)9-17(32)18(16)24(14(10-26)19(31)27)13-7-12(25)5-6-15(13)28-20(24)33/h5-7,11H,8-9,27H2,1-4H3,(H,28,33). The summed E-state index contributed by atoms with van der Waals surface area (Å²) in [7, 11) is 0. The Morgan fingerprint density at radius 2 is 2.03 bits per heavy atom. The first-order valence-corrected chi connectivity index (χ1v) is 12.8. The Morgan fingerprint density at radius 1 is 1.29 bits per heavy atom. The van der Waals surface area contributed by atoms with Crippen LogP contribution in [0.4, 0.5) is 15.2 Å². The molecule has 1 atom stereocenters. The SMILES string of the molecule is CC(C)Sc1nnc(N2C(N)=C(C#N)C3(C(=O)Nc4ccc(F)cc43)C3=C2CC(C)(C)CC3=O)s1. The zero-order valence-electron chi connectivity index (χ0n) is 19.6. The summed E-state index contributed by atoms with van der Waals surface area (Å²) in [5.41, 5.74) is 5.46. The number of carbonyl (C=O) groups is 2. The number of hydrogen-bond donors (Lipinski definition) is 2. The van der Waals surface area contributed by atoms with Crippen molar-refractivity contribution in [3.05, 3.63) is 52.2 Å². The number of hydrogen-bond acceptors (Lipinski definition) is 9. The molecule has 2 aromatic rings. The lowest BCUT2D eigenvalue weighted by Gasteiger charge is -2.45. The largest absolute Gasteiger partial charge is 0.384 e. The number of rotatable bonds is 3. The molecule has 0 saturated heterocycles. The number of allylic oxidation sites excluding steroid dienone is 1. The number of nitrogens with zero attached hydrogens (tertiary/aromatic N) is 4. The number of thioether (sulfide) groups is 1. The molecule has 1 aromatic heterocycles. The lowest BCUT2D eigenvalue weighted by molar-refractivity contribution is -0.123. The third kappa shape index (κ3) is 3.38. The van der Waals surface area contributed by atoms with Crippen molar-refractivity contribution in [2.24, 2.45) is 11.1 Å². The summed E-state index contributed by atoms with van der Waals surface area (Å²) in [5, 5.41) is 22.3.